The Labute approximate surface area is 116 Å². The minimum Gasteiger partial charge on any atom is -0.370 e. The SMILES string of the molecule is CNC(=O)[C@H](CC(N)=O)NC(=O)C1Cc2ccccc21. The van der Waals surface area contributed by atoms with Crippen molar-refractivity contribution in [2.75, 3.05) is 7.05 Å². The molecule has 2 atom stereocenters. The second kappa shape index (κ2) is 5.73. The zero-order valence-electron chi connectivity index (χ0n) is 11.2. The van der Waals surface area contributed by atoms with E-state index in [1.165, 1.54) is 7.05 Å². The van der Waals surface area contributed by atoms with Crippen LogP contribution in [0.25, 0.3) is 0 Å². The topological polar surface area (TPSA) is 101 Å². The molecule has 0 heterocycles. The number of rotatable bonds is 5. The van der Waals surface area contributed by atoms with Crippen LogP contribution in [0.4, 0.5) is 0 Å². The predicted octanol–water partition coefficient (Wildman–Crippen LogP) is -0.567. The number of fused-ring (bicyclic) bond motifs is 1. The van der Waals surface area contributed by atoms with E-state index in [9.17, 15) is 14.4 Å². The molecule has 3 amide bonds. The molecule has 0 saturated heterocycles. The first-order valence-corrected chi connectivity index (χ1v) is 6.41. The third kappa shape index (κ3) is 2.79. The number of likely N-dealkylation sites (N-methyl/N-ethyl adjacent to an activating group) is 1. The van der Waals surface area contributed by atoms with Gasteiger partial charge in [-0.25, -0.2) is 0 Å². The summed E-state index contributed by atoms with van der Waals surface area (Å²) in [5.74, 6) is -1.57. The molecule has 6 heteroatoms. The number of carbonyl (C=O) groups excluding carboxylic acids is 3. The third-order valence-corrected chi connectivity index (χ3v) is 3.46. The smallest absolute Gasteiger partial charge is 0.242 e. The summed E-state index contributed by atoms with van der Waals surface area (Å²) in [5, 5.41) is 5.00. The number of benzene rings is 1. The van der Waals surface area contributed by atoms with Gasteiger partial charge in [-0.2, -0.15) is 0 Å². The normalized spacial score (nSPS) is 17.4. The van der Waals surface area contributed by atoms with Gasteiger partial charge in [0.15, 0.2) is 0 Å². The molecule has 20 heavy (non-hydrogen) atoms. The standard InChI is InChI=1S/C14H17N3O3/c1-16-14(20)11(7-12(15)18)17-13(19)10-6-8-4-2-3-5-9(8)10/h2-5,10-11H,6-7H2,1H3,(H2,15,18)(H,16,20)(H,17,19)/t10?,11-/m0/s1. The highest BCUT2D eigenvalue weighted by Crippen LogP contribution is 2.34. The van der Waals surface area contributed by atoms with Gasteiger partial charge >= 0.3 is 0 Å². The zero-order valence-corrected chi connectivity index (χ0v) is 11.2. The molecule has 0 spiro atoms. The molecule has 0 saturated carbocycles. The fourth-order valence-corrected chi connectivity index (χ4v) is 2.35. The molecule has 1 aliphatic carbocycles. The summed E-state index contributed by atoms with van der Waals surface area (Å²) < 4.78 is 0. The van der Waals surface area contributed by atoms with Crippen molar-refractivity contribution in [3.8, 4) is 0 Å². The van der Waals surface area contributed by atoms with E-state index in [4.69, 9.17) is 5.73 Å². The number of hydrogen-bond acceptors (Lipinski definition) is 3. The Morgan fingerprint density at radius 3 is 2.65 bits per heavy atom. The number of carbonyl (C=O) groups is 3. The molecule has 6 nitrogen and oxygen atoms in total. The number of hydrogen-bond donors (Lipinski definition) is 3. The molecule has 2 rings (SSSR count). The lowest BCUT2D eigenvalue weighted by Crippen LogP contribution is -2.50. The van der Waals surface area contributed by atoms with E-state index in [0.717, 1.165) is 11.1 Å². The summed E-state index contributed by atoms with van der Waals surface area (Å²) in [5.41, 5.74) is 7.20. The second-order valence-corrected chi connectivity index (χ2v) is 4.80. The van der Waals surface area contributed by atoms with Crippen molar-refractivity contribution < 1.29 is 14.4 Å². The van der Waals surface area contributed by atoms with E-state index >= 15 is 0 Å². The van der Waals surface area contributed by atoms with Gasteiger partial charge in [-0.3, -0.25) is 14.4 Å². The van der Waals surface area contributed by atoms with Crippen LogP contribution in [0, 0.1) is 0 Å². The van der Waals surface area contributed by atoms with Gasteiger partial charge in [0.2, 0.25) is 17.7 Å². The van der Waals surface area contributed by atoms with Crippen molar-refractivity contribution >= 4 is 17.7 Å². The Bertz CT molecular complexity index is 556. The molecule has 0 aliphatic heterocycles. The highest BCUT2D eigenvalue weighted by molar-refractivity contribution is 5.94. The molecular weight excluding hydrogens is 258 g/mol. The first-order valence-electron chi connectivity index (χ1n) is 6.41. The summed E-state index contributed by atoms with van der Waals surface area (Å²) in [6.07, 6.45) is 0.443. The maximum absolute atomic E-state index is 12.2. The Balaban J connectivity index is 2.03. The van der Waals surface area contributed by atoms with Crippen molar-refractivity contribution in [1.29, 1.82) is 0 Å². The van der Waals surface area contributed by atoms with E-state index < -0.39 is 17.9 Å². The van der Waals surface area contributed by atoms with Gasteiger partial charge in [0.05, 0.1) is 12.3 Å². The van der Waals surface area contributed by atoms with Crippen LogP contribution in [-0.4, -0.2) is 30.8 Å². The van der Waals surface area contributed by atoms with Crippen LogP contribution >= 0.6 is 0 Å². The summed E-state index contributed by atoms with van der Waals surface area (Å²) >= 11 is 0. The lowest BCUT2D eigenvalue weighted by molar-refractivity contribution is -0.131. The van der Waals surface area contributed by atoms with Gasteiger partial charge in [-0.15, -0.1) is 0 Å². The van der Waals surface area contributed by atoms with Gasteiger partial charge in [0.1, 0.15) is 6.04 Å². The summed E-state index contributed by atoms with van der Waals surface area (Å²) in [4.78, 5) is 34.7. The molecule has 1 aromatic rings. The van der Waals surface area contributed by atoms with Gasteiger partial charge in [0, 0.05) is 7.05 Å². The molecule has 1 unspecified atom stereocenters. The van der Waals surface area contributed by atoms with Gasteiger partial charge < -0.3 is 16.4 Å². The van der Waals surface area contributed by atoms with Crippen molar-refractivity contribution in [2.45, 2.75) is 24.8 Å². The van der Waals surface area contributed by atoms with E-state index in [-0.39, 0.29) is 18.2 Å². The molecule has 0 radical (unpaired) electrons. The fraction of sp³-hybridized carbons (Fsp3) is 0.357. The lowest BCUT2D eigenvalue weighted by atomic mass is 9.77. The highest BCUT2D eigenvalue weighted by Gasteiger charge is 2.34. The van der Waals surface area contributed by atoms with E-state index in [0.29, 0.717) is 6.42 Å². The average Bonchev–Trinajstić information content (AvgIpc) is 2.38. The maximum atomic E-state index is 12.2. The molecule has 1 aromatic carbocycles. The van der Waals surface area contributed by atoms with Gasteiger partial charge in [-0.1, -0.05) is 24.3 Å². The summed E-state index contributed by atoms with van der Waals surface area (Å²) in [6.45, 7) is 0. The van der Waals surface area contributed by atoms with Crippen molar-refractivity contribution in [3.05, 3.63) is 35.4 Å². The first kappa shape index (κ1) is 14.0. The largest absolute Gasteiger partial charge is 0.370 e. The molecule has 4 N–H and O–H groups in total. The number of nitrogens with two attached hydrogens (primary N) is 1. The fourth-order valence-electron chi connectivity index (χ4n) is 2.35. The zero-order chi connectivity index (χ0) is 14.7. The molecule has 0 bridgehead atoms. The van der Waals surface area contributed by atoms with Crippen LogP contribution in [0.3, 0.4) is 0 Å². The second-order valence-electron chi connectivity index (χ2n) is 4.80. The van der Waals surface area contributed by atoms with E-state index in [2.05, 4.69) is 10.6 Å². The quantitative estimate of drug-likeness (QED) is 0.671. The van der Waals surface area contributed by atoms with E-state index in [1.54, 1.807) is 0 Å². The Kier molecular flexibility index (Phi) is 4.02. The maximum Gasteiger partial charge on any atom is 0.242 e. The Morgan fingerprint density at radius 1 is 1.35 bits per heavy atom. The number of amides is 3. The molecule has 106 valence electrons. The van der Waals surface area contributed by atoms with Gasteiger partial charge in [-0.05, 0) is 17.5 Å². The molecule has 1 aliphatic rings. The van der Waals surface area contributed by atoms with Crippen LogP contribution in [0.2, 0.25) is 0 Å². The number of nitrogens with one attached hydrogen (secondary N) is 2. The van der Waals surface area contributed by atoms with Gasteiger partial charge in [0.25, 0.3) is 0 Å². The highest BCUT2D eigenvalue weighted by atomic mass is 16.2. The number of primary amides is 1. The predicted molar refractivity (Wildman–Crippen MR) is 72.7 cm³/mol. The van der Waals surface area contributed by atoms with Crippen molar-refractivity contribution in [2.24, 2.45) is 5.73 Å². The molecular formula is C14H17N3O3. The van der Waals surface area contributed by atoms with Crippen molar-refractivity contribution in [3.63, 3.8) is 0 Å². The van der Waals surface area contributed by atoms with Crippen LogP contribution in [0.5, 0.6) is 0 Å². The third-order valence-electron chi connectivity index (χ3n) is 3.46. The molecule has 0 fully saturated rings. The minimum absolute atomic E-state index is 0.209. The summed E-state index contributed by atoms with van der Waals surface area (Å²) in [6, 6.07) is 6.74. The first-order chi connectivity index (χ1) is 9.52. The molecule has 0 aromatic heterocycles. The van der Waals surface area contributed by atoms with Crippen LogP contribution in [0.1, 0.15) is 23.5 Å². The Morgan fingerprint density at radius 2 is 2.05 bits per heavy atom. The van der Waals surface area contributed by atoms with E-state index in [1.807, 2.05) is 24.3 Å². The van der Waals surface area contributed by atoms with Crippen LogP contribution in [-0.2, 0) is 20.8 Å². The lowest BCUT2D eigenvalue weighted by Gasteiger charge is -2.30. The Hall–Kier alpha value is -2.37. The van der Waals surface area contributed by atoms with Crippen LogP contribution < -0.4 is 16.4 Å². The summed E-state index contributed by atoms with van der Waals surface area (Å²) in [7, 11) is 1.45. The van der Waals surface area contributed by atoms with Crippen molar-refractivity contribution in [1.82, 2.24) is 10.6 Å². The van der Waals surface area contributed by atoms with Crippen LogP contribution in [0.15, 0.2) is 24.3 Å². The monoisotopic (exact) mass is 275 g/mol. The minimum atomic E-state index is -0.919. The average molecular weight is 275 g/mol.